The van der Waals surface area contributed by atoms with Gasteiger partial charge < -0.3 is 10.5 Å². The van der Waals surface area contributed by atoms with Crippen LogP contribution in [0.3, 0.4) is 0 Å². The van der Waals surface area contributed by atoms with Crippen LogP contribution in [0.1, 0.15) is 25.3 Å². The largest absolute Gasteiger partial charge is 0.381 e. The fraction of sp³-hybridized carbons (Fsp3) is 0.538. The molecule has 0 spiro atoms. The van der Waals surface area contributed by atoms with E-state index in [4.69, 9.17) is 10.5 Å². The lowest BCUT2D eigenvalue weighted by Gasteiger charge is -2.07. The predicted octanol–water partition coefficient (Wildman–Crippen LogP) is 1.24. The molecule has 0 unspecified atom stereocenters. The number of rotatable bonds is 9. The van der Waals surface area contributed by atoms with Crippen molar-refractivity contribution >= 4 is 10.0 Å². The van der Waals surface area contributed by atoms with Crippen LogP contribution in [-0.2, 0) is 21.3 Å². The molecule has 19 heavy (non-hydrogen) atoms. The molecule has 3 N–H and O–H groups in total. The van der Waals surface area contributed by atoms with E-state index in [2.05, 4.69) is 4.72 Å². The predicted molar refractivity (Wildman–Crippen MR) is 75.2 cm³/mol. The first-order valence-electron chi connectivity index (χ1n) is 6.46. The van der Waals surface area contributed by atoms with Crippen LogP contribution in [-0.4, -0.2) is 28.2 Å². The quantitative estimate of drug-likeness (QED) is 0.669. The van der Waals surface area contributed by atoms with Crippen molar-refractivity contribution in [3.8, 4) is 0 Å². The van der Waals surface area contributed by atoms with E-state index < -0.39 is 10.0 Å². The molecule has 1 aromatic rings. The minimum atomic E-state index is -3.42. The van der Waals surface area contributed by atoms with Gasteiger partial charge in [0, 0.05) is 26.3 Å². The third-order valence-corrected chi connectivity index (χ3v) is 4.05. The summed E-state index contributed by atoms with van der Waals surface area (Å²) in [6.07, 6.45) is 1.64. The van der Waals surface area contributed by atoms with E-state index in [1.807, 2.05) is 6.92 Å². The molecule has 0 heterocycles. The van der Waals surface area contributed by atoms with Gasteiger partial charge in [0.1, 0.15) is 0 Å². The molecule has 5 nitrogen and oxygen atoms in total. The Morgan fingerprint density at radius 1 is 1.21 bits per heavy atom. The first-order chi connectivity index (χ1) is 9.10. The Morgan fingerprint density at radius 3 is 2.47 bits per heavy atom. The molecule has 1 aromatic carbocycles. The van der Waals surface area contributed by atoms with E-state index in [9.17, 15) is 8.42 Å². The first kappa shape index (κ1) is 16.1. The summed E-state index contributed by atoms with van der Waals surface area (Å²) in [5.41, 5.74) is 6.38. The summed E-state index contributed by atoms with van der Waals surface area (Å²) in [7, 11) is -3.42. The summed E-state index contributed by atoms with van der Waals surface area (Å²) in [4.78, 5) is 0.263. The lowest BCUT2D eigenvalue weighted by molar-refractivity contribution is 0.133. The van der Waals surface area contributed by atoms with Crippen molar-refractivity contribution in [2.75, 3.05) is 19.8 Å². The topological polar surface area (TPSA) is 81.4 Å². The Bertz CT molecular complexity index is 457. The fourth-order valence-corrected chi connectivity index (χ4v) is 2.59. The molecule has 0 aliphatic heterocycles. The maximum atomic E-state index is 11.9. The summed E-state index contributed by atoms with van der Waals surface area (Å²) in [5, 5.41) is 0. The summed E-state index contributed by atoms with van der Waals surface area (Å²) >= 11 is 0. The highest BCUT2D eigenvalue weighted by Crippen LogP contribution is 2.10. The highest BCUT2D eigenvalue weighted by Gasteiger charge is 2.12. The molecule has 1 rings (SSSR count). The van der Waals surface area contributed by atoms with E-state index in [0.717, 1.165) is 12.0 Å². The number of hydrogen-bond donors (Lipinski definition) is 2. The van der Waals surface area contributed by atoms with Crippen LogP contribution in [0, 0.1) is 0 Å². The Labute approximate surface area is 115 Å². The van der Waals surface area contributed by atoms with Gasteiger partial charge in [-0.1, -0.05) is 19.1 Å². The van der Waals surface area contributed by atoms with Gasteiger partial charge in [0.2, 0.25) is 10.0 Å². The smallest absolute Gasteiger partial charge is 0.240 e. The zero-order valence-electron chi connectivity index (χ0n) is 11.3. The van der Waals surface area contributed by atoms with E-state index in [1.54, 1.807) is 24.3 Å². The molecular formula is C13H22N2O3S. The van der Waals surface area contributed by atoms with Crippen molar-refractivity contribution in [3.05, 3.63) is 29.8 Å². The maximum Gasteiger partial charge on any atom is 0.240 e. The van der Waals surface area contributed by atoms with Crippen LogP contribution in [0.2, 0.25) is 0 Å². The first-order valence-corrected chi connectivity index (χ1v) is 7.95. The second kappa shape index (κ2) is 8.27. The minimum absolute atomic E-state index is 0.263. The Hall–Kier alpha value is -0.950. The van der Waals surface area contributed by atoms with Crippen LogP contribution in [0.15, 0.2) is 29.2 Å². The molecule has 6 heteroatoms. The number of nitrogens with two attached hydrogens (primary N) is 1. The normalized spacial score (nSPS) is 11.7. The van der Waals surface area contributed by atoms with Crippen LogP contribution < -0.4 is 10.5 Å². The lowest BCUT2D eigenvalue weighted by Crippen LogP contribution is -2.25. The van der Waals surface area contributed by atoms with E-state index in [1.165, 1.54) is 0 Å². The van der Waals surface area contributed by atoms with Crippen molar-refractivity contribution < 1.29 is 13.2 Å². The van der Waals surface area contributed by atoms with Gasteiger partial charge in [-0.15, -0.1) is 0 Å². The highest BCUT2D eigenvalue weighted by atomic mass is 32.2. The number of nitrogens with one attached hydrogen (secondary N) is 1. The Balaban J connectivity index is 2.42. The molecule has 108 valence electrons. The number of hydrogen-bond acceptors (Lipinski definition) is 4. The molecular weight excluding hydrogens is 264 g/mol. The molecule has 0 bridgehead atoms. The summed E-state index contributed by atoms with van der Waals surface area (Å²) in [6, 6.07) is 6.58. The number of sulfonamides is 1. The van der Waals surface area contributed by atoms with Crippen molar-refractivity contribution in [2.45, 2.75) is 31.2 Å². The lowest BCUT2D eigenvalue weighted by atomic mass is 10.2. The van der Waals surface area contributed by atoms with E-state index in [0.29, 0.717) is 32.7 Å². The minimum Gasteiger partial charge on any atom is -0.381 e. The van der Waals surface area contributed by atoms with Gasteiger partial charge in [-0.3, -0.25) is 0 Å². The van der Waals surface area contributed by atoms with Crippen LogP contribution in [0.4, 0.5) is 0 Å². The second-order valence-electron chi connectivity index (χ2n) is 4.21. The van der Waals surface area contributed by atoms with Crippen molar-refractivity contribution in [2.24, 2.45) is 5.73 Å². The third-order valence-electron chi connectivity index (χ3n) is 2.58. The number of benzene rings is 1. The van der Waals surface area contributed by atoms with Gasteiger partial charge in [0.25, 0.3) is 0 Å². The third kappa shape index (κ3) is 5.69. The van der Waals surface area contributed by atoms with Gasteiger partial charge in [0.05, 0.1) is 4.90 Å². The summed E-state index contributed by atoms with van der Waals surface area (Å²) in [5.74, 6) is 0. The molecule has 0 aliphatic rings. The van der Waals surface area contributed by atoms with Gasteiger partial charge >= 0.3 is 0 Å². The molecule has 0 atom stereocenters. The molecule has 0 saturated heterocycles. The average Bonchev–Trinajstić information content (AvgIpc) is 2.43. The van der Waals surface area contributed by atoms with Gasteiger partial charge in [-0.25, -0.2) is 13.1 Å². The SMILES string of the molecule is CCCOCCCNS(=O)(=O)c1ccc(CN)cc1. The van der Waals surface area contributed by atoms with Gasteiger partial charge in [0.15, 0.2) is 0 Å². The van der Waals surface area contributed by atoms with E-state index >= 15 is 0 Å². The van der Waals surface area contributed by atoms with Gasteiger partial charge in [-0.2, -0.15) is 0 Å². The second-order valence-corrected chi connectivity index (χ2v) is 5.98. The monoisotopic (exact) mass is 286 g/mol. The van der Waals surface area contributed by atoms with Crippen molar-refractivity contribution in [3.63, 3.8) is 0 Å². The average molecular weight is 286 g/mol. The molecule has 0 saturated carbocycles. The van der Waals surface area contributed by atoms with Crippen LogP contribution >= 0.6 is 0 Å². The molecule has 0 aromatic heterocycles. The molecule has 0 radical (unpaired) electrons. The molecule has 0 amide bonds. The standard InChI is InChI=1S/C13H22N2O3S/c1-2-9-18-10-3-8-15-19(16,17)13-6-4-12(11-14)5-7-13/h4-7,15H,2-3,8-11,14H2,1H3. The number of ether oxygens (including phenoxy) is 1. The Morgan fingerprint density at radius 2 is 1.89 bits per heavy atom. The van der Waals surface area contributed by atoms with Crippen molar-refractivity contribution in [1.82, 2.24) is 4.72 Å². The zero-order chi connectivity index (χ0) is 14.1. The molecule has 0 fully saturated rings. The molecule has 0 aliphatic carbocycles. The van der Waals surface area contributed by atoms with Crippen LogP contribution in [0.25, 0.3) is 0 Å². The van der Waals surface area contributed by atoms with Crippen molar-refractivity contribution in [1.29, 1.82) is 0 Å². The van der Waals surface area contributed by atoms with Gasteiger partial charge in [-0.05, 0) is 30.5 Å². The summed E-state index contributed by atoms with van der Waals surface area (Å²) < 4.78 is 31.7. The maximum absolute atomic E-state index is 11.9. The van der Waals surface area contributed by atoms with Crippen LogP contribution in [0.5, 0.6) is 0 Å². The highest BCUT2D eigenvalue weighted by molar-refractivity contribution is 7.89. The fourth-order valence-electron chi connectivity index (χ4n) is 1.52. The Kier molecular flexibility index (Phi) is 7.01. The zero-order valence-corrected chi connectivity index (χ0v) is 12.1. The van der Waals surface area contributed by atoms with E-state index in [-0.39, 0.29) is 4.90 Å². The summed E-state index contributed by atoms with van der Waals surface area (Å²) in [6.45, 7) is 4.11.